The highest BCUT2D eigenvalue weighted by molar-refractivity contribution is 5.90. The van der Waals surface area contributed by atoms with Crippen molar-refractivity contribution in [2.45, 2.75) is 38.9 Å². The van der Waals surface area contributed by atoms with Crippen LogP contribution in [0.15, 0.2) is 35.1 Å². The molecule has 0 unspecified atom stereocenters. The summed E-state index contributed by atoms with van der Waals surface area (Å²) in [5.41, 5.74) is 2.29. The van der Waals surface area contributed by atoms with Crippen LogP contribution < -0.4 is 16.2 Å². The van der Waals surface area contributed by atoms with Crippen LogP contribution in [-0.4, -0.2) is 32.4 Å². The molecule has 3 N–H and O–H groups in total. The summed E-state index contributed by atoms with van der Waals surface area (Å²) in [6.45, 7) is 4.83. The van der Waals surface area contributed by atoms with Gasteiger partial charge in [0, 0.05) is 18.5 Å². The minimum absolute atomic E-state index is 0.152. The van der Waals surface area contributed by atoms with Gasteiger partial charge in [-0.15, -0.1) is 0 Å². The molecule has 3 heterocycles. The van der Waals surface area contributed by atoms with Crippen LogP contribution >= 0.6 is 0 Å². The Kier molecular flexibility index (Phi) is 4.72. The molecule has 0 saturated heterocycles. The van der Waals surface area contributed by atoms with Crippen LogP contribution in [0, 0.1) is 0 Å². The van der Waals surface area contributed by atoms with Gasteiger partial charge >= 0.3 is 0 Å². The lowest BCUT2D eigenvalue weighted by molar-refractivity contribution is -0.122. The Morgan fingerprint density at radius 2 is 2.15 bits per heavy atom. The number of benzene rings is 1. The largest absolute Gasteiger partial charge is 0.350 e. The molecule has 0 fully saturated rings. The highest BCUT2D eigenvalue weighted by Gasteiger charge is 2.21. The summed E-state index contributed by atoms with van der Waals surface area (Å²) >= 11 is 0. The van der Waals surface area contributed by atoms with Crippen molar-refractivity contribution in [3.63, 3.8) is 0 Å². The summed E-state index contributed by atoms with van der Waals surface area (Å²) in [4.78, 5) is 24.6. The maximum absolute atomic E-state index is 12.7. The molecule has 3 aromatic rings. The molecule has 27 heavy (non-hydrogen) atoms. The summed E-state index contributed by atoms with van der Waals surface area (Å²) in [7, 11) is 0. The number of aromatic nitrogens is 4. The first kappa shape index (κ1) is 17.4. The van der Waals surface area contributed by atoms with E-state index in [9.17, 15) is 9.59 Å². The van der Waals surface area contributed by atoms with Crippen molar-refractivity contribution in [1.82, 2.24) is 30.6 Å². The van der Waals surface area contributed by atoms with Crippen molar-refractivity contribution in [3.8, 4) is 0 Å². The standard InChI is InChI=1S/C19H22N6O2/c1-12(17-15-5-2-3-6-16(15)19(27)23-22-17)18(26)21-10-13-9-14-11-20-7-4-8-25(14)24-13/h2-3,5-6,9,12,20H,4,7-8,10-11H2,1H3,(H,21,26)(H,23,27)/t12-/m1/s1. The number of aryl methyl sites for hydroxylation is 1. The Morgan fingerprint density at radius 1 is 1.33 bits per heavy atom. The number of carbonyl (C=O) groups is 1. The first-order valence-electron chi connectivity index (χ1n) is 9.15. The van der Waals surface area contributed by atoms with E-state index in [4.69, 9.17) is 0 Å². The van der Waals surface area contributed by atoms with Crippen LogP contribution in [0.5, 0.6) is 0 Å². The van der Waals surface area contributed by atoms with Gasteiger partial charge in [0.2, 0.25) is 5.91 Å². The smallest absolute Gasteiger partial charge is 0.272 e. The Morgan fingerprint density at radius 3 is 3.00 bits per heavy atom. The molecular weight excluding hydrogens is 344 g/mol. The minimum atomic E-state index is -0.492. The summed E-state index contributed by atoms with van der Waals surface area (Å²) in [6, 6.07) is 9.21. The molecule has 1 atom stereocenters. The quantitative estimate of drug-likeness (QED) is 0.640. The number of hydrogen-bond donors (Lipinski definition) is 3. The van der Waals surface area contributed by atoms with E-state index in [1.54, 1.807) is 19.1 Å². The molecular formula is C19H22N6O2. The topological polar surface area (TPSA) is 105 Å². The zero-order chi connectivity index (χ0) is 18.8. The predicted molar refractivity (Wildman–Crippen MR) is 101 cm³/mol. The molecule has 1 aromatic carbocycles. The van der Waals surface area contributed by atoms with Gasteiger partial charge in [-0.3, -0.25) is 14.3 Å². The fraction of sp³-hybridized carbons (Fsp3) is 0.368. The van der Waals surface area contributed by atoms with Crippen LogP contribution in [0.4, 0.5) is 0 Å². The molecule has 1 aliphatic rings. The van der Waals surface area contributed by atoms with Gasteiger partial charge in [0.15, 0.2) is 0 Å². The third kappa shape index (κ3) is 3.48. The maximum Gasteiger partial charge on any atom is 0.272 e. The number of fused-ring (bicyclic) bond motifs is 2. The monoisotopic (exact) mass is 366 g/mol. The number of carbonyl (C=O) groups excluding carboxylic acids is 1. The van der Waals surface area contributed by atoms with Crippen molar-refractivity contribution in [3.05, 3.63) is 57.8 Å². The van der Waals surface area contributed by atoms with Gasteiger partial charge in [-0.2, -0.15) is 10.2 Å². The third-order valence-corrected chi connectivity index (χ3v) is 4.92. The first-order chi connectivity index (χ1) is 13.1. The average molecular weight is 366 g/mol. The van der Waals surface area contributed by atoms with E-state index in [-0.39, 0.29) is 11.5 Å². The van der Waals surface area contributed by atoms with Gasteiger partial charge in [-0.1, -0.05) is 18.2 Å². The highest BCUT2D eigenvalue weighted by atomic mass is 16.2. The Balaban J connectivity index is 1.49. The first-order valence-corrected chi connectivity index (χ1v) is 9.15. The normalized spacial score (nSPS) is 15.1. The lowest BCUT2D eigenvalue weighted by atomic mass is 10.0. The van der Waals surface area contributed by atoms with Crippen LogP contribution in [0.1, 0.15) is 36.3 Å². The van der Waals surface area contributed by atoms with E-state index < -0.39 is 5.92 Å². The van der Waals surface area contributed by atoms with Crippen LogP contribution in [-0.2, 0) is 24.4 Å². The highest BCUT2D eigenvalue weighted by Crippen LogP contribution is 2.21. The van der Waals surface area contributed by atoms with E-state index in [0.29, 0.717) is 23.0 Å². The zero-order valence-corrected chi connectivity index (χ0v) is 15.2. The minimum Gasteiger partial charge on any atom is -0.350 e. The van der Waals surface area contributed by atoms with E-state index in [0.717, 1.165) is 37.4 Å². The second-order valence-corrected chi connectivity index (χ2v) is 6.80. The van der Waals surface area contributed by atoms with Gasteiger partial charge in [-0.25, -0.2) is 5.10 Å². The molecule has 8 heteroatoms. The lowest BCUT2D eigenvalue weighted by Gasteiger charge is -2.13. The number of aromatic amines is 1. The number of hydrogen-bond acceptors (Lipinski definition) is 5. The SMILES string of the molecule is C[C@@H](C(=O)NCc1cc2n(n1)CCCNC2)c1n[nH]c(=O)c2ccccc12. The van der Waals surface area contributed by atoms with Crippen molar-refractivity contribution in [2.24, 2.45) is 0 Å². The van der Waals surface area contributed by atoms with Gasteiger partial charge in [0.05, 0.1) is 34.9 Å². The fourth-order valence-corrected chi connectivity index (χ4v) is 3.43. The van der Waals surface area contributed by atoms with Crippen molar-refractivity contribution < 1.29 is 4.79 Å². The summed E-state index contributed by atoms with van der Waals surface area (Å²) in [5, 5.41) is 18.7. The molecule has 0 saturated carbocycles. The molecule has 8 nitrogen and oxygen atoms in total. The Labute approximate surface area is 156 Å². The van der Waals surface area contributed by atoms with Crippen LogP contribution in [0.25, 0.3) is 10.8 Å². The molecule has 1 amide bonds. The Bertz CT molecular complexity index is 1010. The second kappa shape index (κ2) is 7.32. The second-order valence-electron chi connectivity index (χ2n) is 6.80. The predicted octanol–water partition coefficient (Wildman–Crippen LogP) is 1.03. The van der Waals surface area contributed by atoms with Crippen LogP contribution in [0.2, 0.25) is 0 Å². The van der Waals surface area contributed by atoms with Crippen LogP contribution in [0.3, 0.4) is 0 Å². The molecule has 0 bridgehead atoms. The number of rotatable bonds is 4. The summed E-state index contributed by atoms with van der Waals surface area (Å²) in [5.74, 6) is -0.644. The number of nitrogens with zero attached hydrogens (tertiary/aromatic N) is 3. The van der Waals surface area contributed by atoms with Crippen molar-refractivity contribution >= 4 is 16.7 Å². The number of H-pyrrole nitrogens is 1. The van der Waals surface area contributed by atoms with Crippen molar-refractivity contribution in [1.29, 1.82) is 0 Å². The third-order valence-electron chi connectivity index (χ3n) is 4.92. The summed E-state index contributed by atoms with van der Waals surface area (Å²) in [6.07, 6.45) is 1.04. The average Bonchev–Trinajstić information content (AvgIpc) is 2.95. The zero-order valence-electron chi connectivity index (χ0n) is 15.2. The van der Waals surface area contributed by atoms with Gasteiger partial charge in [0.25, 0.3) is 5.56 Å². The molecule has 2 aromatic heterocycles. The number of nitrogens with one attached hydrogen (secondary N) is 3. The van der Waals surface area contributed by atoms with E-state index in [1.807, 2.05) is 22.9 Å². The van der Waals surface area contributed by atoms with E-state index in [2.05, 4.69) is 25.9 Å². The molecule has 0 aliphatic carbocycles. The lowest BCUT2D eigenvalue weighted by Crippen LogP contribution is -2.29. The molecule has 140 valence electrons. The molecule has 0 spiro atoms. The Hall–Kier alpha value is -3.00. The molecule has 1 aliphatic heterocycles. The summed E-state index contributed by atoms with van der Waals surface area (Å²) < 4.78 is 2.00. The van der Waals surface area contributed by atoms with Crippen molar-refractivity contribution in [2.75, 3.05) is 6.54 Å². The molecule has 0 radical (unpaired) electrons. The van der Waals surface area contributed by atoms with Gasteiger partial charge in [-0.05, 0) is 32.0 Å². The van der Waals surface area contributed by atoms with E-state index >= 15 is 0 Å². The number of amides is 1. The molecule has 4 rings (SSSR count). The fourth-order valence-electron chi connectivity index (χ4n) is 3.43. The van der Waals surface area contributed by atoms with Gasteiger partial charge < -0.3 is 10.6 Å². The van der Waals surface area contributed by atoms with Gasteiger partial charge in [0.1, 0.15) is 0 Å². The van der Waals surface area contributed by atoms with E-state index in [1.165, 1.54) is 0 Å². The maximum atomic E-state index is 12.7.